The van der Waals surface area contributed by atoms with E-state index in [0.29, 0.717) is 36.9 Å². The number of carbonyl (C=O) groups excluding carboxylic acids is 2. The number of amides is 2. The van der Waals surface area contributed by atoms with Crippen molar-refractivity contribution in [2.24, 2.45) is 16.5 Å². The van der Waals surface area contributed by atoms with E-state index in [0.717, 1.165) is 12.8 Å². The van der Waals surface area contributed by atoms with Crippen LogP contribution in [0, 0.1) is 0 Å². The summed E-state index contributed by atoms with van der Waals surface area (Å²) in [5, 5.41) is 8.96. The molecular weight excluding hydrogens is 452 g/mol. The monoisotopic (exact) mass is 488 g/mol. The van der Waals surface area contributed by atoms with E-state index >= 15 is 0 Å². The molecule has 1 atom stereocenters. The highest BCUT2D eigenvalue weighted by Gasteiger charge is 2.20. The fraction of sp³-hybridized carbons (Fsp3) is 0.522. The molecule has 12 nitrogen and oxygen atoms in total. The summed E-state index contributed by atoms with van der Waals surface area (Å²) < 4.78 is 10.8. The van der Waals surface area contributed by atoms with Gasteiger partial charge in [0.15, 0.2) is 23.2 Å². The van der Waals surface area contributed by atoms with Crippen LogP contribution in [0.5, 0.6) is 0 Å². The normalized spacial score (nSPS) is 15.9. The number of ether oxygens (including phenoxy) is 2. The third-order valence-corrected chi connectivity index (χ3v) is 5.31. The van der Waals surface area contributed by atoms with Gasteiger partial charge in [0.25, 0.3) is 5.91 Å². The van der Waals surface area contributed by atoms with Gasteiger partial charge >= 0.3 is 0 Å². The second kappa shape index (κ2) is 14.0. The fourth-order valence-corrected chi connectivity index (χ4v) is 3.18. The number of primary amides is 1. The maximum Gasteiger partial charge on any atom is 0.271 e. The van der Waals surface area contributed by atoms with Crippen molar-refractivity contribution >= 4 is 29.2 Å². The van der Waals surface area contributed by atoms with Crippen LogP contribution in [0.15, 0.2) is 29.6 Å². The molecule has 0 spiro atoms. The summed E-state index contributed by atoms with van der Waals surface area (Å²) in [7, 11) is 1.70. The molecule has 0 aromatic carbocycles. The van der Waals surface area contributed by atoms with Crippen LogP contribution >= 0.6 is 0 Å². The highest BCUT2D eigenvalue weighted by atomic mass is 16.5. The number of nitrogens with one attached hydrogen (secondary N) is 3. The molecule has 1 aliphatic heterocycles. The van der Waals surface area contributed by atoms with Crippen LogP contribution < -0.4 is 27.4 Å². The molecule has 12 heteroatoms. The number of anilines is 1. The number of carbonyl (C=O) groups is 2. The number of hydrogen-bond acceptors (Lipinski definition) is 10. The average Bonchev–Trinajstić information content (AvgIpc) is 2.86. The van der Waals surface area contributed by atoms with Gasteiger partial charge < -0.3 is 36.9 Å². The molecule has 0 radical (unpaired) electrons. The predicted octanol–water partition coefficient (Wildman–Crippen LogP) is 0.528. The molecule has 0 bridgehead atoms. The molecule has 1 aromatic heterocycles. The SMILES string of the molecule is C=CC(/C=C(\N)OCCNC(=O)C(C)NC)=Nc1nc(NC2CCOCC2)c(CC)nc1C(N)=O. The second-order valence-corrected chi connectivity index (χ2v) is 7.88. The number of nitrogens with two attached hydrogens (primary N) is 2. The smallest absolute Gasteiger partial charge is 0.271 e. The van der Waals surface area contributed by atoms with Crippen molar-refractivity contribution in [1.29, 1.82) is 0 Å². The first-order valence-corrected chi connectivity index (χ1v) is 11.6. The first kappa shape index (κ1) is 27.7. The Bertz CT molecular complexity index is 957. The van der Waals surface area contributed by atoms with E-state index in [2.05, 4.69) is 37.5 Å². The Morgan fingerprint density at radius 1 is 1.31 bits per heavy atom. The summed E-state index contributed by atoms with van der Waals surface area (Å²) in [6.07, 6.45) is 5.12. The number of hydrogen-bond donors (Lipinski definition) is 5. The molecule has 1 fully saturated rings. The summed E-state index contributed by atoms with van der Waals surface area (Å²) in [6.45, 7) is 9.17. The molecule has 35 heavy (non-hydrogen) atoms. The van der Waals surface area contributed by atoms with E-state index in [9.17, 15) is 9.59 Å². The molecule has 2 heterocycles. The van der Waals surface area contributed by atoms with Crippen LogP contribution in [0.1, 0.15) is 42.9 Å². The van der Waals surface area contributed by atoms with Crippen LogP contribution in [0.4, 0.5) is 11.6 Å². The van der Waals surface area contributed by atoms with Crippen molar-refractivity contribution < 1.29 is 19.1 Å². The third kappa shape index (κ3) is 8.65. The van der Waals surface area contributed by atoms with Crippen molar-refractivity contribution in [2.45, 2.75) is 45.2 Å². The van der Waals surface area contributed by atoms with Gasteiger partial charge in [-0.05, 0) is 39.3 Å². The summed E-state index contributed by atoms with van der Waals surface area (Å²) in [5.74, 6) is -0.237. The Hall–Kier alpha value is -3.51. The number of nitrogens with zero attached hydrogens (tertiary/aromatic N) is 3. The summed E-state index contributed by atoms with van der Waals surface area (Å²) in [4.78, 5) is 37.2. The quantitative estimate of drug-likeness (QED) is 0.150. The van der Waals surface area contributed by atoms with Crippen LogP contribution in [-0.4, -0.2) is 73.0 Å². The van der Waals surface area contributed by atoms with Crippen molar-refractivity contribution in [3.8, 4) is 0 Å². The van der Waals surface area contributed by atoms with E-state index in [1.165, 1.54) is 12.2 Å². The number of aliphatic imine (C=N–C) groups is 1. The first-order valence-electron chi connectivity index (χ1n) is 11.6. The fourth-order valence-electron chi connectivity index (χ4n) is 3.18. The topological polar surface area (TPSA) is 179 Å². The van der Waals surface area contributed by atoms with Crippen molar-refractivity contribution in [3.05, 3.63) is 36.0 Å². The number of likely N-dealkylation sites (N-methyl/N-ethyl adjacent to an activating group) is 1. The second-order valence-electron chi connectivity index (χ2n) is 7.88. The number of allylic oxidation sites excluding steroid dienone is 2. The minimum Gasteiger partial charge on any atom is -0.477 e. The molecule has 1 unspecified atom stereocenters. The van der Waals surface area contributed by atoms with Gasteiger partial charge in [-0.15, -0.1) is 0 Å². The number of aromatic nitrogens is 2. The molecule has 2 amide bonds. The molecular formula is C23H36N8O4. The zero-order valence-electron chi connectivity index (χ0n) is 20.6. The van der Waals surface area contributed by atoms with Gasteiger partial charge in [0, 0.05) is 25.3 Å². The van der Waals surface area contributed by atoms with E-state index in [1.54, 1.807) is 14.0 Å². The van der Waals surface area contributed by atoms with E-state index in [1.807, 2.05) is 6.92 Å². The highest BCUT2D eigenvalue weighted by molar-refractivity contribution is 6.06. The van der Waals surface area contributed by atoms with Gasteiger partial charge in [-0.25, -0.2) is 15.0 Å². The largest absolute Gasteiger partial charge is 0.477 e. The first-order chi connectivity index (χ1) is 16.8. The van der Waals surface area contributed by atoms with E-state index in [-0.39, 0.29) is 48.5 Å². The Morgan fingerprint density at radius 2 is 2.03 bits per heavy atom. The van der Waals surface area contributed by atoms with Crippen LogP contribution in [0.25, 0.3) is 0 Å². The van der Waals surface area contributed by atoms with Gasteiger partial charge in [-0.1, -0.05) is 13.5 Å². The third-order valence-electron chi connectivity index (χ3n) is 5.31. The Morgan fingerprint density at radius 3 is 2.63 bits per heavy atom. The predicted molar refractivity (Wildman–Crippen MR) is 134 cm³/mol. The lowest BCUT2D eigenvalue weighted by Gasteiger charge is -2.24. The standard InChI is InChI=1S/C23H36N8O4/c1-5-15(13-18(24)35-12-9-27-23(33)14(3)26-4)28-22-19(20(25)32)30-17(6-2)21(31-22)29-16-7-10-34-11-8-16/h5,13-14,16,26H,1,6-12,24H2,2-4H3,(H2,25,32)(H,27,33)(H,29,31)/b18-13+,28-15?. The van der Waals surface area contributed by atoms with E-state index < -0.39 is 5.91 Å². The van der Waals surface area contributed by atoms with Gasteiger partial charge in [-0.3, -0.25) is 9.59 Å². The summed E-state index contributed by atoms with van der Waals surface area (Å²) in [6, 6.07) is -0.133. The molecule has 192 valence electrons. The zero-order chi connectivity index (χ0) is 25.8. The van der Waals surface area contributed by atoms with Gasteiger partial charge in [0.1, 0.15) is 6.61 Å². The van der Waals surface area contributed by atoms with Crippen LogP contribution in [0.3, 0.4) is 0 Å². The molecule has 0 aliphatic carbocycles. The average molecular weight is 489 g/mol. The van der Waals surface area contributed by atoms with Crippen molar-refractivity contribution in [3.63, 3.8) is 0 Å². The molecule has 1 saturated heterocycles. The number of aryl methyl sites for hydroxylation is 1. The Balaban J connectivity index is 2.20. The minimum atomic E-state index is -0.744. The lowest BCUT2D eigenvalue weighted by molar-refractivity contribution is -0.122. The minimum absolute atomic E-state index is 0.0482. The maximum atomic E-state index is 12.1. The molecule has 1 aliphatic rings. The molecule has 2 rings (SSSR count). The van der Waals surface area contributed by atoms with Crippen molar-refractivity contribution in [2.75, 3.05) is 38.7 Å². The summed E-state index contributed by atoms with van der Waals surface area (Å²) in [5.41, 5.74) is 12.4. The molecule has 7 N–H and O–H groups in total. The molecule has 0 saturated carbocycles. The summed E-state index contributed by atoms with van der Waals surface area (Å²) >= 11 is 0. The van der Waals surface area contributed by atoms with Gasteiger partial charge in [-0.2, -0.15) is 0 Å². The lowest BCUT2D eigenvalue weighted by atomic mass is 10.1. The van der Waals surface area contributed by atoms with Crippen LogP contribution in [0.2, 0.25) is 0 Å². The maximum absolute atomic E-state index is 12.1. The Labute approximate surface area is 205 Å². The highest BCUT2D eigenvalue weighted by Crippen LogP contribution is 2.24. The Kier molecular flexibility index (Phi) is 11.1. The number of rotatable bonds is 13. The van der Waals surface area contributed by atoms with E-state index in [4.69, 9.17) is 20.9 Å². The van der Waals surface area contributed by atoms with Gasteiger partial charge in [0.2, 0.25) is 5.91 Å². The molecule has 1 aromatic rings. The zero-order valence-corrected chi connectivity index (χ0v) is 20.6. The van der Waals surface area contributed by atoms with Gasteiger partial charge in [0.05, 0.1) is 24.0 Å². The van der Waals surface area contributed by atoms with Crippen molar-refractivity contribution in [1.82, 2.24) is 20.6 Å². The lowest BCUT2D eigenvalue weighted by Crippen LogP contribution is -2.41. The van der Waals surface area contributed by atoms with Crippen LogP contribution in [-0.2, 0) is 20.7 Å².